The zero-order valence-electron chi connectivity index (χ0n) is 69.9. The smallest absolute Gasteiger partial charge is 0.463 e. The van der Waals surface area contributed by atoms with Crippen molar-refractivity contribution >= 4 is 31.7 Å². The van der Waals surface area contributed by atoms with Crippen LogP contribution in [0.4, 0.5) is 0 Å². The number of phosphoric acid groups is 1. The Morgan fingerprint density at radius 2 is 0.664 bits per heavy atom. The van der Waals surface area contributed by atoms with E-state index in [0.29, 0.717) is 44.9 Å². The highest BCUT2D eigenvalue weighted by Crippen LogP contribution is 2.49. The summed E-state index contributed by atoms with van der Waals surface area (Å²) in [6.07, 6.45) is 26.0. The van der Waals surface area contributed by atoms with Crippen LogP contribution < -0.4 is 0 Å². The number of esters is 4. The molecule has 660 valence electrons. The average molecular weight is 1630 g/mol. The number of aliphatic hydroxyl groups excluding tert-OH is 9. The largest absolute Gasteiger partial charge is 0.472 e. The molecule has 25 nitrogen and oxygen atoms in total. The normalized spacial score (nSPS) is 25.6. The lowest BCUT2D eigenvalue weighted by molar-refractivity contribution is -0.360. The van der Waals surface area contributed by atoms with Crippen molar-refractivity contribution in [3.63, 3.8) is 0 Å². The fourth-order valence-electron chi connectivity index (χ4n) is 14.4. The van der Waals surface area contributed by atoms with Crippen LogP contribution in [-0.2, 0) is 70.7 Å². The van der Waals surface area contributed by atoms with Gasteiger partial charge >= 0.3 is 31.7 Å². The Morgan fingerprint density at radius 1 is 0.345 bits per heavy atom. The predicted molar refractivity (Wildman–Crippen MR) is 435 cm³/mol. The number of carbonyl (C=O) groups is 4. The lowest BCUT2D eigenvalue weighted by Crippen LogP contribution is -2.70. The second-order valence-corrected chi connectivity index (χ2v) is 33.1. The van der Waals surface area contributed by atoms with E-state index in [1.807, 2.05) is 0 Å². The maximum absolute atomic E-state index is 14.9. The van der Waals surface area contributed by atoms with Gasteiger partial charge in [-0.25, -0.2) is 4.57 Å². The molecule has 0 amide bonds. The number of carbonyl (C=O) groups excluding carboxylic acids is 4. The van der Waals surface area contributed by atoms with E-state index >= 15 is 0 Å². The minimum Gasteiger partial charge on any atom is -0.463 e. The molecule has 0 spiro atoms. The van der Waals surface area contributed by atoms with E-state index < -0.39 is 162 Å². The molecule has 18 atom stereocenters. The molecule has 3 rings (SSSR count). The fraction of sp³-hybridized carbons (Fsp3) is 0.885. The van der Waals surface area contributed by atoms with Gasteiger partial charge in [-0.2, -0.15) is 0 Å². The van der Waals surface area contributed by atoms with Crippen LogP contribution in [0.25, 0.3) is 0 Å². The van der Waals surface area contributed by atoms with Crippen LogP contribution in [0.5, 0.6) is 0 Å². The van der Waals surface area contributed by atoms with Gasteiger partial charge in [-0.05, 0) is 103 Å². The monoisotopic (exact) mass is 1630 g/mol. The zero-order chi connectivity index (χ0) is 82.5. The van der Waals surface area contributed by atoms with E-state index in [-0.39, 0.29) is 25.7 Å². The molecule has 0 aromatic heterocycles. The molecule has 3 aliphatic rings. The molecule has 2 saturated heterocycles. The Labute approximate surface area is 678 Å². The van der Waals surface area contributed by atoms with Gasteiger partial charge in [-0.3, -0.25) is 28.2 Å². The van der Waals surface area contributed by atoms with Crippen molar-refractivity contribution in [3.8, 4) is 0 Å². The van der Waals surface area contributed by atoms with Gasteiger partial charge < -0.3 is 88.7 Å². The Hall–Kier alpha value is -3.31. The summed E-state index contributed by atoms with van der Waals surface area (Å²) in [6.45, 7) is 5.50. The molecule has 26 heteroatoms. The van der Waals surface area contributed by atoms with Gasteiger partial charge in [0.05, 0.1) is 13.2 Å². The third-order valence-corrected chi connectivity index (χ3v) is 22.6. The van der Waals surface area contributed by atoms with Gasteiger partial charge in [0.25, 0.3) is 0 Å². The Bertz CT molecular complexity index is 2510. The van der Waals surface area contributed by atoms with Crippen LogP contribution in [0.3, 0.4) is 0 Å². The van der Waals surface area contributed by atoms with Gasteiger partial charge in [0.15, 0.2) is 24.8 Å². The third-order valence-electron chi connectivity index (χ3n) is 21.6. The number of hydrogen-bond donors (Lipinski definition) is 10. The van der Waals surface area contributed by atoms with E-state index in [2.05, 4.69) is 64.2 Å². The molecule has 3 fully saturated rings. The van der Waals surface area contributed by atoms with E-state index in [1.165, 1.54) is 128 Å². The molecule has 0 radical (unpaired) electrons. The molecule has 18 unspecified atom stereocenters. The summed E-state index contributed by atoms with van der Waals surface area (Å²) in [5.74, 6) is -3.01. The van der Waals surface area contributed by atoms with Crippen molar-refractivity contribution in [2.75, 3.05) is 26.4 Å². The van der Waals surface area contributed by atoms with Gasteiger partial charge in [0.1, 0.15) is 92.6 Å². The van der Waals surface area contributed by atoms with E-state index in [1.54, 1.807) is 0 Å². The minimum absolute atomic E-state index is 0.00741. The minimum atomic E-state index is -5.81. The highest BCUT2D eigenvalue weighted by molar-refractivity contribution is 7.47. The zero-order valence-corrected chi connectivity index (χ0v) is 70.8. The molecular formula is C87H157O25P. The number of unbranched alkanes of at least 4 members (excludes halogenated alkanes) is 41. The molecule has 113 heavy (non-hydrogen) atoms. The number of allylic oxidation sites excluding steroid dienone is 6. The molecule has 2 aliphatic heterocycles. The summed E-state index contributed by atoms with van der Waals surface area (Å²) in [4.78, 5) is 66.2. The topological polar surface area (TPSA) is 380 Å². The van der Waals surface area contributed by atoms with Crippen molar-refractivity contribution in [1.82, 2.24) is 0 Å². The Kier molecular flexibility index (Phi) is 61.1. The molecule has 1 aliphatic carbocycles. The molecule has 2 heterocycles. The van der Waals surface area contributed by atoms with Crippen LogP contribution in [0.2, 0.25) is 0 Å². The number of aliphatic hydroxyl groups is 9. The Balaban J connectivity index is 1.94. The second-order valence-electron chi connectivity index (χ2n) is 31.7. The predicted octanol–water partition coefficient (Wildman–Crippen LogP) is 15.5. The standard InChI is InChI=1S/C87H157O25P/c1-5-9-13-17-21-25-29-33-34-38-40-43-47-51-55-59-70(89)103-64-67(106-72(91)61-57-53-49-45-41-36-31-27-23-19-15-11-7-3)65-105-113(101,102)112-85-83(110-86-80(99)76(95)74(93)68(63-88)107-86)79(98)78(97)82(109-73(92)62-58-54-50-46-42-37-32-28-24-20-16-12-8-4)84(85)111-87-81(100)77(96)75(94)69(108-87)66-104-71(90)60-56-52-48-44-39-35-30-26-22-18-14-10-6-2/h25,29,35-36,39,41,67-69,74-88,93-100H,5-24,26-28,30-34,37-38,40,42-66H2,1-4H3,(H,101,102)/b29-25-,39-35-,41-36-. The van der Waals surface area contributed by atoms with Gasteiger partial charge in [-0.15, -0.1) is 0 Å². The highest BCUT2D eigenvalue weighted by atomic mass is 31.2. The third kappa shape index (κ3) is 47.3. The average Bonchev–Trinajstić information content (AvgIpc) is 0.754. The first-order valence-corrected chi connectivity index (χ1v) is 46.2. The second kappa shape index (κ2) is 66.5. The van der Waals surface area contributed by atoms with Crippen LogP contribution in [0.15, 0.2) is 36.5 Å². The first-order valence-electron chi connectivity index (χ1n) is 44.7. The highest BCUT2D eigenvalue weighted by Gasteiger charge is 2.60. The van der Waals surface area contributed by atoms with E-state index in [9.17, 15) is 74.6 Å². The van der Waals surface area contributed by atoms with Crippen molar-refractivity contribution in [2.45, 2.75) is 466 Å². The van der Waals surface area contributed by atoms with Crippen molar-refractivity contribution in [2.24, 2.45) is 0 Å². The fourth-order valence-corrected chi connectivity index (χ4v) is 15.4. The number of phosphoric ester groups is 1. The summed E-state index contributed by atoms with van der Waals surface area (Å²) in [6, 6.07) is 0. The van der Waals surface area contributed by atoms with Gasteiger partial charge in [-0.1, -0.05) is 270 Å². The SMILES string of the molecule is CCCCCC/C=C\CCCCCCCCCC(=O)OCC(COP(=O)(O)OC1C(OC2OC(CO)C(O)C(O)C2O)C(O)C(O)C(OC(=O)CCCCCCCCCCCCCCC)C1OC1OC(COC(=O)CCCCC/C=C\CCCCCCCC)C(O)C(O)C1O)OC(=O)CCCCC/C=C\CCCCCCCC. The van der Waals surface area contributed by atoms with E-state index in [0.717, 1.165) is 135 Å². The maximum atomic E-state index is 14.9. The van der Waals surface area contributed by atoms with Gasteiger partial charge in [0, 0.05) is 25.7 Å². The number of rotatable bonds is 71. The molecule has 1 saturated carbocycles. The van der Waals surface area contributed by atoms with E-state index in [4.69, 9.17) is 46.9 Å². The summed E-state index contributed by atoms with van der Waals surface area (Å²) >= 11 is 0. The van der Waals surface area contributed by atoms with Crippen LogP contribution >= 0.6 is 7.82 Å². The quantitative estimate of drug-likeness (QED) is 0.00889. The molecule has 0 bridgehead atoms. The van der Waals surface area contributed by atoms with Crippen molar-refractivity contribution < 1.29 is 122 Å². The maximum Gasteiger partial charge on any atom is 0.472 e. The summed E-state index contributed by atoms with van der Waals surface area (Å²) in [5.41, 5.74) is 0. The first-order chi connectivity index (χ1) is 54.7. The lowest BCUT2D eigenvalue weighted by atomic mass is 9.84. The Morgan fingerprint density at radius 3 is 1.07 bits per heavy atom. The summed E-state index contributed by atoms with van der Waals surface area (Å²) < 4.78 is 73.2. The molecule has 0 aromatic carbocycles. The molecular weight excluding hydrogens is 1480 g/mol. The summed E-state index contributed by atoms with van der Waals surface area (Å²) in [5, 5.41) is 102. The van der Waals surface area contributed by atoms with Crippen molar-refractivity contribution in [3.05, 3.63) is 36.5 Å². The van der Waals surface area contributed by atoms with Crippen LogP contribution in [-0.4, -0.2) is 205 Å². The van der Waals surface area contributed by atoms with Crippen molar-refractivity contribution in [1.29, 1.82) is 0 Å². The first kappa shape index (κ1) is 104. The molecule has 10 N–H and O–H groups in total. The number of ether oxygens (including phenoxy) is 8. The lowest BCUT2D eigenvalue weighted by Gasteiger charge is -2.50. The van der Waals surface area contributed by atoms with Crippen LogP contribution in [0.1, 0.15) is 362 Å². The molecule has 0 aromatic rings. The number of hydrogen-bond acceptors (Lipinski definition) is 24. The van der Waals surface area contributed by atoms with Crippen LogP contribution in [0, 0.1) is 0 Å². The van der Waals surface area contributed by atoms with Gasteiger partial charge in [0.2, 0.25) is 0 Å². The summed E-state index contributed by atoms with van der Waals surface area (Å²) in [7, 11) is -5.81.